The Hall–Kier alpha value is -6.16. The van der Waals surface area contributed by atoms with Gasteiger partial charge in [-0.2, -0.15) is 0 Å². The smallest absolute Gasteiger partial charge is 0.132 e. The Labute approximate surface area is 492 Å². The summed E-state index contributed by atoms with van der Waals surface area (Å²) in [6.07, 6.45) is 0. The van der Waals surface area contributed by atoms with E-state index >= 15 is 0 Å². The van der Waals surface area contributed by atoms with E-state index in [-0.39, 0.29) is 0 Å². The van der Waals surface area contributed by atoms with Crippen molar-refractivity contribution < 1.29 is 116 Å². The molecule has 0 radical (unpaired) electrons. The highest BCUT2D eigenvalue weighted by atomic mass is 35.7. The molecule has 9 rings (SSSR count). The molecule has 0 fully saturated rings. The van der Waals surface area contributed by atoms with Crippen molar-refractivity contribution in [3.05, 3.63) is 212 Å². The molecule has 0 aliphatic carbocycles. The molecular weight excluding hydrogens is 1180 g/mol. The van der Waals surface area contributed by atoms with Crippen LogP contribution in [0.1, 0.15) is 45.0 Å². The molecule has 8 aromatic rings. The molecule has 4 aromatic heterocycles. The van der Waals surface area contributed by atoms with Crippen LogP contribution in [0.5, 0.6) is 0 Å². The highest BCUT2D eigenvalue weighted by Crippen LogP contribution is 2.31. The molecule has 1 aliphatic heterocycles. The number of nitrogens with one attached hydrogen (secondary N) is 4. The summed E-state index contributed by atoms with van der Waals surface area (Å²) in [6, 6.07) is 53.9. The van der Waals surface area contributed by atoms with E-state index in [4.69, 9.17) is 74.5 Å². The van der Waals surface area contributed by atoms with Crippen molar-refractivity contribution >= 4 is 45.0 Å². The highest BCUT2D eigenvalue weighted by Gasteiger charge is 2.22. The lowest BCUT2D eigenvalue weighted by molar-refractivity contribution is -2.00. The summed E-state index contributed by atoms with van der Waals surface area (Å²) in [5.41, 5.74) is 18.0. The van der Waals surface area contributed by atoms with Crippen LogP contribution in [0, 0.1) is 41.0 Å². The average Bonchev–Trinajstić information content (AvgIpc) is 3.48. The zero-order valence-electron chi connectivity index (χ0n) is 47.7. The van der Waals surface area contributed by atoms with E-state index in [0.717, 1.165) is 107 Å². The predicted molar refractivity (Wildman–Crippen MR) is 272 cm³/mol. The second kappa shape index (κ2) is 26.2. The van der Waals surface area contributed by atoms with Gasteiger partial charge in [0.2, 0.25) is 0 Å². The van der Waals surface area contributed by atoms with Gasteiger partial charge in [0.15, 0.2) is 0 Å². The van der Waals surface area contributed by atoms with E-state index in [1.54, 1.807) is 0 Å². The number of aromatic nitrogens is 4. The van der Waals surface area contributed by atoms with Crippen molar-refractivity contribution in [1.82, 2.24) is 37.9 Å². The van der Waals surface area contributed by atoms with Gasteiger partial charge >= 0.3 is 0 Å². The van der Waals surface area contributed by atoms with Crippen LogP contribution in [0.2, 0.25) is 0 Å². The molecule has 5 heterocycles. The van der Waals surface area contributed by atoms with Gasteiger partial charge in [0.05, 0.1) is 84.6 Å². The number of quaternary nitrogens is 4. The molecule has 0 atom stereocenters. The Morgan fingerprint density at radius 3 is 0.488 bits per heavy atom. The third kappa shape index (κ3) is 21.1. The fourth-order valence-electron chi connectivity index (χ4n) is 8.87. The minimum absolute atomic E-state index is 0.738. The Morgan fingerprint density at radius 2 is 0.357 bits per heavy atom. The van der Waals surface area contributed by atoms with Crippen molar-refractivity contribution in [1.29, 1.82) is 0 Å². The quantitative estimate of drug-likeness (QED) is 0.103. The van der Waals surface area contributed by atoms with E-state index in [0.29, 0.717) is 0 Å². The largest absolute Gasteiger partial charge is 0.354 e. The summed E-state index contributed by atoms with van der Waals surface area (Å²) in [5.74, 6) is 0. The average molecular weight is 1250 g/mol. The van der Waals surface area contributed by atoms with Crippen molar-refractivity contribution in [2.45, 2.75) is 0 Å². The van der Waals surface area contributed by atoms with Crippen LogP contribution in [0.25, 0.3) is 22.3 Å². The van der Waals surface area contributed by atoms with Crippen LogP contribution >= 0.6 is 0 Å². The Kier molecular flexibility index (Phi) is 21.4. The van der Waals surface area contributed by atoms with Crippen molar-refractivity contribution in [2.75, 3.05) is 84.6 Å². The second-order valence-electron chi connectivity index (χ2n) is 22.4. The molecule has 28 heteroatoms. The van der Waals surface area contributed by atoms with E-state index in [1.807, 2.05) is 0 Å². The molecular formula is C56H64Cl4N8O16. The molecule has 0 spiro atoms. The number of hydrogen-bond acceptors (Lipinski definition) is 16. The number of halogens is 4. The summed E-state index contributed by atoms with van der Waals surface area (Å²) in [5, 5.41) is 4.12. The maximum absolute atomic E-state index is 8.49. The highest BCUT2D eigenvalue weighted by molar-refractivity contribution is 5.85. The van der Waals surface area contributed by atoms with Gasteiger partial charge in [0, 0.05) is 66.5 Å². The molecule has 4 N–H and O–H groups in total. The van der Waals surface area contributed by atoms with Gasteiger partial charge in [0.1, 0.15) is 22.7 Å². The predicted octanol–water partition coefficient (Wildman–Crippen LogP) is -11.9. The maximum atomic E-state index is 8.49. The maximum Gasteiger partial charge on any atom is 0.132 e. The first-order valence-electron chi connectivity index (χ1n) is 24.7. The summed E-state index contributed by atoms with van der Waals surface area (Å²) in [6.45, 7) is 0. The van der Waals surface area contributed by atoms with Crippen LogP contribution in [0.3, 0.4) is 0 Å². The monoisotopic (exact) mass is 1240 g/mol. The molecule has 24 nitrogen and oxygen atoms in total. The Bertz CT molecular complexity index is 3230. The van der Waals surface area contributed by atoms with E-state index in [2.05, 4.69) is 250 Å². The standard InChI is InChI=1S/C56H64N8.4ClHO4/c1-61(2,3)41-21-13-37(14-22-41)53-45-29-31-47(57-45)54(38-15-23-42(24-16-38)62(4,5)6)49-33-35-51(59-49)56(40-19-27-44(28-20-40)64(10,11)12)52-36-34-50(60-52)55(48-32-30-46(53)58-48)39-17-25-43(26-18-39)63(7,8)9;4*2-1(3,4)5/h13-36,57-60H,1-12H3;4*(H,2,3,4,5)/q+4;;;;/p-4. The number of rotatable bonds is 8. The number of aromatic amines is 4. The summed E-state index contributed by atoms with van der Waals surface area (Å²) in [4.78, 5) is 15.8. The third-order valence-corrected chi connectivity index (χ3v) is 12.6. The number of H-pyrrole nitrogens is 4. The van der Waals surface area contributed by atoms with Gasteiger partial charge in [-0.25, -0.2) is 74.5 Å². The fraction of sp³-hybridized carbons (Fsp3) is 0.214. The Balaban J connectivity index is 0.000000558. The molecule has 8 bridgehead atoms. The van der Waals surface area contributed by atoms with Gasteiger partial charge in [0.25, 0.3) is 0 Å². The molecule has 452 valence electrons. The van der Waals surface area contributed by atoms with Crippen LogP contribution < -0.4 is 114 Å². The summed E-state index contributed by atoms with van der Waals surface area (Å²) in [7, 11) is 6.71. The van der Waals surface area contributed by atoms with Gasteiger partial charge < -0.3 is 19.9 Å². The number of hydrogen-bond donors (Lipinski definition) is 4. The topological polar surface area (TPSA) is 432 Å². The van der Waals surface area contributed by atoms with Crippen LogP contribution in [-0.2, 0) is 0 Å². The number of benzene rings is 4. The third-order valence-electron chi connectivity index (χ3n) is 12.6. The SMILES string of the molecule is C[N+](C)(C)c1ccc(C2=c3ccc([nH]3)=C(c3ccc([N+](C)(C)C)cc3)c3ccc([nH]3)C(c3ccc([N+](C)(C)C)cc3)=c3ccc([nH]3)=C(c3ccc([N+](C)(C)C)cc3)c3ccc2[nH]3)cc1.[O-][Cl+3]([O-])([O-])[O-].[O-][Cl+3]([O-])([O-])[O-].[O-][Cl+3]([O-])([O-])[O-].[O-][Cl+3]([O-])([O-])[O-]. The molecule has 0 amide bonds. The lowest BCUT2D eigenvalue weighted by Crippen LogP contribution is -2.68. The van der Waals surface area contributed by atoms with Gasteiger partial charge in [-0.1, -0.05) is 0 Å². The normalized spacial score (nSPS) is 13.4. The first kappa shape index (κ1) is 68.6. The van der Waals surface area contributed by atoms with Crippen molar-refractivity contribution in [2.24, 2.45) is 0 Å². The van der Waals surface area contributed by atoms with E-state index < -0.39 is 41.0 Å². The minimum atomic E-state index is -4.94. The summed E-state index contributed by atoms with van der Waals surface area (Å²) < 4.78 is 139. The van der Waals surface area contributed by atoms with Crippen LogP contribution in [-0.4, -0.2) is 105 Å². The van der Waals surface area contributed by atoms with Crippen molar-refractivity contribution in [3.8, 4) is 0 Å². The molecule has 4 aromatic carbocycles. The molecule has 0 unspecified atom stereocenters. The fourth-order valence-corrected chi connectivity index (χ4v) is 8.87. The lowest BCUT2D eigenvalue weighted by Gasteiger charge is -2.23. The van der Waals surface area contributed by atoms with Crippen LogP contribution in [0.15, 0.2) is 146 Å². The number of nitrogens with zero attached hydrogens (tertiary/aromatic N) is 4. The zero-order chi connectivity index (χ0) is 63.3. The molecule has 0 saturated heterocycles. The second-order valence-corrected chi connectivity index (χ2v) is 25.4. The van der Waals surface area contributed by atoms with Gasteiger partial charge in [-0.3, -0.25) is 17.9 Å². The van der Waals surface area contributed by atoms with Gasteiger partial charge in [-0.15, -0.1) is 41.0 Å². The van der Waals surface area contributed by atoms with E-state index in [9.17, 15) is 0 Å². The van der Waals surface area contributed by atoms with Crippen molar-refractivity contribution in [3.63, 3.8) is 0 Å². The minimum Gasteiger partial charge on any atom is -0.354 e. The first-order chi connectivity index (χ1) is 38.2. The summed E-state index contributed by atoms with van der Waals surface area (Å²) >= 11 is 0. The van der Waals surface area contributed by atoms with E-state index in [1.165, 1.54) is 22.7 Å². The Morgan fingerprint density at radius 1 is 0.214 bits per heavy atom. The molecule has 0 saturated carbocycles. The van der Waals surface area contributed by atoms with Crippen LogP contribution in [0.4, 0.5) is 22.7 Å². The molecule has 84 heavy (non-hydrogen) atoms. The van der Waals surface area contributed by atoms with Gasteiger partial charge in [-0.05, 0) is 168 Å². The zero-order valence-corrected chi connectivity index (χ0v) is 50.7. The first-order valence-corrected chi connectivity index (χ1v) is 29.6. The lowest BCUT2D eigenvalue weighted by atomic mass is 10.0. The molecule has 1 aliphatic rings. The number of fused-ring (bicyclic) bond motifs is 8.